The van der Waals surface area contributed by atoms with E-state index in [0.29, 0.717) is 12.5 Å². The van der Waals surface area contributed by atoms with Crippen LogP contribution < -0.4 is 5.32 Å². The van der Waals surface area contributed by atoms with Crippen LogP contribution >= 0.6 is 0 Å². The standard InChI is InChI=1S/C17H24N2O/c1-4-12(3)18-16(17(20)5-2)11-14-10-13-8-6-7-9-15(13)19-14/h6-10,12,16,18-19H,4-5,11H2,1-3H3. The van der Waals surface area contributed by atoms with Gasteiger partial charge in [0.05, 0.1) is 6.04 Å². The summed E-state index contributed by atoms with van der Waals surface area (Å²) in [6.45, 7) is 6.19. The summed E-state index contributed by atoms with van der Waals surface area (Å²) in [5.74, 6) is 0.281. The predicted octanol–water partition coefficient (Wildman–Crippen LogP) is 3.45. The van der Waals surface area contributed by atoms with Crippen molar-refractivity contribution in [2.24, 2.45) is 0 Å². The number of hydrogen-bond acceptors (Lipinski definition) is 2. The molecular weight excluding hydrogens is 248 g/mol. The zero-order chi connectivity index (χ0) is 14.5. The number of aromatic nitrogens is 1. The third-order valence-electron chi connectivity index (χ3n) is 3.84. The second kappa shape index (κ2) is 6.71. The van der Waals surface area contributed by atoms with Gasteiger partial charge in [-0.05, 0) is 30.9 Å². The van der Waals surface area contributed by atoms with E-state index in [2.05, 4.69) is 42.3 Å². The zero-order valence-electron chi connectivity index (χ0n) is 12.6. The fraction of sp³-hybridized carbons (Fsp3) is 0.471. The van der Waals surface area contributed by atoms with Gasteiger partial charge in [-0.1, -0.05) is 32.0 Å². The largest absolute Gasteiger partial charge is 0.358 e. The molecule has 0 aliphatic carbocycles. The van der Waals surface area contributed by atoms with Crippen LogP contribution in [0.4, 0.5) is 0 Å². The molecule has 108 valence electrons. The van der Waals surface area contributed by atoms with Gasteiger partial charge >= 0.3 is 0 Å². The Kier molecular flexibility index (Phi) is 4.96. The number of carbonyl (C=O) groups excluding carboxylic acids is 1. The lowest BCUT2D eigenvalue weighted by molar-refractivity contribution is -0.121. The number of ketones is 1. The summed E-state index contributed by atoms with van der Waals surface area (Å²) in [4.78, 5) is 15.5. The predicted molar refractivity (Wildman–Crippen MR) is 84.0 cm³/mol. The molecule has 2 aromatic rings. The summed E-state index contributed by atoms with van der Waals surface area (Å²) >= 11 is 0. The van der Waals surface area contributed by atoms with E-state index < -0.39 is 0 Å². The van der Waals surface area contributed by atoms with Gasteiger partial charge in [-0.3, -0.25) is 4.79 Å². The molecule has 0 spiro atoms. The van der Waals surface area contributed by atoms with Gasteiger partial charge in [-0.15, -0.1) is 0 Å². The van der Waals surface area contributed by atoms with Crippen LogP contribution in [-0.4, -0.2) is 22.9 Å². The van der Waals surface area contributed by atoms with Gasteiger partial charge in [0.1, 0.15) is 5.78 Å². The minimum absolute atomic E-state index is 0.0944. The van der Waals surface area contributed by atoms with Crippen molar-refractivity contribution < 1.29 is 4.79 Å². The molecule has 0 aliphatic heterocycles. The van der Waals surface area contributed by atoms with Crippen LogP contribution in [-0.2, 0) is 11.2 Å². The van der Waals surface area contributed by atoms with Crippen molar-refractivity contribution in [1.29, 1.82) is 0 Å². The lowest BCUT2D eigenvalue weighted by Crippen LogP contribution is -2.43. The first kappa shape index (κ1) is 14.8. The second-order valence-electron chi connectivity index (χ2n) is 5.43. The Hall–Kier alpha value is -1.61. The van der Waals surface area contributed by atoms with E-state index in [0.717, 1.165) is 24.1 Å². The first-order chi connectivity index (χ1) is 9.63. The Morgan fingerprint density at radius 2 is 2.05 bits per heavy atom. The van der Waals surface area contributed by atoms with Gasteiger partial charge in [-0.2, -0.15) is 0 Å². The van der Waals surface area contributed by atoms with E-state index in [4.69, 9.17) is 0 Å². The molecule has 0 amide bonds. The highest BCUT2D eigenvalue weighted by Gasteiger charge is 2.19. The van der Waals surface area contributed by atoms with Crippen molar-refractivity contribution in [1.82, 2.24) is 10.3 Å². The molecule has 0 saturated carbocycles. The first-order valence-electron chi connectivity index (χ1n) is 7.49. The van der Waals surface area contributed by atoms with Gasteiger partial charge in [0, 0.05) is 30.1 Å². The van der Waals surface area contributed by atoms with E-state index in [1.165, 1.54) is 5.39 Å². The quantitative estimate of drug-likeness (QED) is 0.811. The summed E-state index contributed by atoms with van der Waals surface area (Å²) in [5, 5.41) is 4.64. The Labute approximate surface area is 120 Å². The van der Waals surface area contributed by atoms with Gasteiger partial charge in [0.15, 0.2) is 0 Å². The molecule has 2 unspecified atom stereocenters. The maximum Gasteiger partial charge on any atom is 0.149 e. The molecule has 2 rings (SSSR count). The van der Waals surface area contributed by atoms with Crippen LogP contribution in [0.15, 0.2) is 30.3 Å². The van der Waals surface area contributed by atoms with Crippen molar-refractivity contribution in [2.45, 2.75) is 52.1 Å². The smallest absolute Gasteiger partial charge is 0.149 e. The van der Waals surface area contributed by atoms with Crippen molar-refractivity contribution in [2.75, 3.05) is 0 Å². The average Bonchev–Trinajstić information content (AvgIpc) is 2.87. The summed E-state index contributed by atoms with van der Waals surface area (Å²) < 4.78 is 0. The first-order valence-corrected chi connectivity index (χ1v) is 7.49. The number of nitrogens with one attached hydrogen (secondary N) is 2. The van der Waals surface area contributed by atoms with E-state index in [1.807, 2.05) is 19.1 Å². The van der Waals surface area contributed by atoms with Crippen LogP contribution in [0.2, 0.25) is 0 Å². The SMILES string of the molecule is CCC(=O)C(Cc1cc2ccccc2[nH]1)NC(C)CC. The summed E-state index contributed by atoms with van der Waals surface area (Å²) in [6.07, 6.45) is 2.33. The van der Waals surface area contributed by atoms with Crippen LogP contribution in [0, 0.1) is 0 Å². The maximum atomic E-state index is 12.1. The molecule has 0 bridgehead atoms. The molecule has 0 aliphatic rings. The molecule has 1 aromatic carbocycles. The molecular formula is C17H24N2O. The molecule has 3 heteroatoms. The number of benzene rings is 1. The highest BCUT2D eigenvalue weighted by atomic mass is 16.1. The van der Waals surface area contributed by atoms with Crippen LogP contribution in [0.3, 0.4) is 0 Å². The Balaban J connectivity index is 2.15. The lowest BCUT2D eigenvalue weighted by atomic mass is 10.0. The second-order valence-corrected chi connectivity index (χ2v) is 5.43. The fourth-order valence-electron chi connectivity index (χ4n) is 2.44. The molecule has 0 fully saturated rings. The Morgan fingerprint density at radius 1 is 1.30 bits per heavy atom. The molecule has 2 atom stereocenters. The Morgan fingerprint density at radius 3 is 2.70 bits per heavy atom. The molecule has 20 heavy (non-hydrogen) atoms. The topological polar surface area (TPSA) is 44.9 Å². The zero-order valence-corrected chi connectivity index (χ0v) is 12.6. The monoisotopic (exact) mass is 272 g/mol. The van der Waals surface area contributed by atoms with E-state index >= 15 is 0 Å². The third-order valence-corrected chi connectivity index (χ3v) is 3.84. The number of carbonyl (C=O) groups is 1. The van der Waals surface area contributed by atoms with Crippen molar-refractivity contribution in [3.8, 4) is 0 Å². The summed E-state index contributed by atoms with van der Waals surface area (Å²) in [7, 11) is 0. The number of hydrogen-bond donors (Lipinski definition) is 2. The van der Waals surface area contributed by atoms with Gasteiger partial charge in [-0.25, -0.2) is 0 Å². The number of fused-ring (bicyclic) bond motifs is 1. The highest BCUT2D eigenvalue weighted by molar-refractivity contribution is 5.85. The van der Waals surface area contributed by atoms with E-state index in [9.17, 15) is 4.79 Å². The number of Topliss-reactive ketones (excluding diaryl/α,β-unsaturated/α-hetero) is 1. The van der Waals surface area contributed by atoms with E-state index in [1.54, 1.807) is 0 Å². The number of rotatable bonds is 7. The number of para-hydroxylation sites is 1. The van der Waals surface area contributed by atoms with Gasteiger partial charge in [0.25, 0.3) is 0 Å². The fourth-order valence-corrected chi connectivity index (χ4v) is 2.44. The van der Waals surface area contributed by atoms with E-state index in [-0.39, 0.29) is 11.8 Å². The minimum atomic E-state index is -0.0944. The van der Waals surface area contributed by atoms with Crippen molar-refractivity contribution in [3.05, 3.63) is 36.0 Å². The average molecular weight is 272 g/mol. The molecule has 0 radical (unpaired) electrons. The highest BCUT2D eigenvalue weighted by Crippen LogP contribution is 2.16. The molecule has 1 heterocycles. The van der Waals surface area contributed by atoms with Crippen molar-refractivity contribution >= 4 is 16.7 Å². The normalized spacial score (nSPS) is 14.3. The molecule has 1 aromatic heterocycles. The molecule has 2 N–H and O–H groups in total. The summed E-state index contributed by atoms with van der Waals surface area (Å²) in [6, 6.07) is 10.6. The summed E-state index contributed by atoms with van der Waals surface area (Å²) in [5.41, 5.74) is 2.25. The van der Waals surface area contributed by atoms with Gasteiger partial charge in [0.2, 0.25) is 0 Å². The van der Waals surface area contributed by atoms with Crippen LogP contribution in [0.5, 0.6) is 0 Å². The number of H-pyrrole nitrogens is 1. The maximum absolute atomic E-state index is 12.1. The molecule has 3 nitrogen and oxygen atoms in total. The van der Waals surface area contributed by atoms with Gasteiger partial charge < -0.3 is 10.3 Å². The minimum Gasteiger partial charge on any atom is -0.358 e. The number of aromatic amines is 1. The lowest BCUT2D eigenvalue weighted by Gasteiger charge is -2.20. The Bertz CT molecular complexity index is 540. The van der Waals surface area contributed by atoms with Crippen molar-refractivity contribution in [3.63, 3.8) is 0 Å². The third kappa shape index (κ3) is 3.48. The van der Waals surface area contributed by atoms with Crippen LogP contribution in [0.25, 0.3) is 10.9 Å². The van der Waals surface area contributed by atoms with Crippen LogP contribution in [0.1, 0.15) is 39.3 Å². The molecule has 0 saturated heterocycles.